The highest BCUT2D eigenvalue weighted by Crippen LogP contribution is 2.34. The zero-order valence-electron chi connectivity index (χ0n) is 16.9. The van der Waals surface area contributed by atoms with Crippen LogP contribution in [0, 0.1) is 0 Å². The van der Waals surface area contributed by atoms with Crippen LogP contribution in [0.3, 0.4) is 0 Å². The van der Waals surface area contributed by atoms with E-state index in [4.69, 9.17) is 0 Å². The predicted molar refractivity (Wildman–Crippen MR) is 116 cm³/mol. The smallest absolute Gasteiger partial charge is 0.325 e. The largest absolute Gasteiger partial charge is 0.416 e. The molecule has 7 nitrogen and oxygen atoms in total. The zero-order chi connectivity index (χ0) is 23.5. The lowest BCUT2D eigenvalue weighted by molar-refractivity contribution is -0.137. The Kier molecular flexibility index (Phi) is 6.58. The molecule has 0 aromatic heterocycles. The predicted octanol–water partition coefficient (Wildman–Crippen LogP) is 3.86. The van der Waals surface area contributed by atoms with Gasteiger partial charge in [-0.25, -0.2) is 8.42 Å². The van der Waals surface area contributed by atoms with E-state index in [1.807, 2.05) is 0 Å². The molecule has 2 N–H and O–H groups in total. The number of nitrogens with zero attached hydrogens (tertiary/aromatic N) is 1. The monoisotopic (exact) mass is 467 g/mol. The van der Waals surface area contributed by atoms with Crippen LogP contribution in [0.5, 0.6) is 0 Å². The number of anilines is 3. The maximum Gasteiger partial charge on any atom is 0.416 e. The van der Waals surface area contributed by atoms with Gasteiger partial charge in [0.1, 0.15) is 0 Å². The van der Waals surface area contributed by atoms with Crippen LogP contribution in [0.2, 0.25) is 0 Å². The number of carbonyl (C=O) groups is 2. The number of hydrogen-bond acceptors (Lipinski definition) is 4. The maximum absolute atomic E-state index is 13.0. The molecule has 0 saturated carbocycles. The number of hydrogen-bond donors (Lipinski definition) is 2. The van der Waals surface area contributed by atoms with Crippen molar-refractivity contribution in [3.05, 3.63) is 59.7 Å². The van der Waals surface area contributed by atoms with Crippen molar-refractivity contribution in [2.75, 3.05) is 27.2 Å². The Morgan fingerprint density at radius 2 is 1.72 bits per heavy atom. The Balaban J connectivity index is 1.74. The van der Waals surface area contributed by atoms with Crippen LogP contribution in [0.25, 0.3) is 6.08 Å². The second-order valence-electron chi connectivity index (χ2n) is 7.10. The number of halogens is 3. The number of sulfonamides is 1. The van der Waals surface area contributed by atoms with E-state index < -0.39 is 33.6 Å². The lowest BCUT2D eigenvalue weighted by atomic mass is 10.1. The standard InChI is InChI=1S/C21H20F3N3O4S/c1-14(28)25-18-9-6-16(21(22,23)24)13-19(18)26-20(29)10-5-15-3-7-17(8-4-15)27-11-2-12-32(27,30)31/h3-10,13H,2,11-12H2,1H3,(H,25,28)(H,26,29)/b10-5+. The van der Waals surface area contributed by atoms with Gasteiger partial charge < -0.3 is 10.6 Å². The summed E-state index contributed by atoms with van der Waals surface area (Å²) in [6.45, 7) is 1.60. The van der Waals surface area contributed by atoms with Crippen LogP contribution in [-0.2, 0) is 25.8 Å². The van der Waals surface area contributed by atoms with Gasteiger partial charge in [-0.2, -0.15) is 13.2 Å². The fourth-order valence-electron chi connectivity index (χ4n) is 3.15. The molecule has 1 aliphatic heterocycles. The van der Waals surface area contributed by atoms with Gasteiger partial charge in [-0.1, -0.05) is 12.1 Å². The molecule has 0 radical (unpaired) electrons. The fraction of sp³-hybridized carbons (Fsp3) is 0.238. The lowest BCUT2D eigenvalue weighted by Gasteiger charge is -2.16. The molecule has 0 atom stereocenters. The van der Waals surface area contributed by atoms with E-state index in [1.165, 1.54) is 17.3 Å². The lowest BCUT2D eigenvalue weighted by Crippen LogP contribution is -2.24. The Hall–Kier alpha value is -3.34. The maximum atomic E-state index is 13.0. The van der Waals surface area contributed by atoms with Crippen LogP contribution >= 0.6 is 0 Å². The first-order valence-corrected chi connectivity index (χ1v) is 11.1. The quantitative estimate of drug-likeness (QED) is 0.653. The van der Waals surface area contributed by atoms with E-state index in [1.54, 1.807) is 24.3 Å². The topological polar surface area (TPSA) is 95.6 Å². The van der Waals surface area contributed by atoms with Crippen LogP contribution in [0.15, 0.2) is 48.5 Å². The van der Waals surface area contributed by atoms with E-state index in [2.05, 4.69) is 10.6 Å². The molecule has 0 spiro atoms. The first-order valence-electron chi connectivity index (χ1n) is 9.54. The average molecular weight is 467 g/mol. The van der Waals surface area contributed by atoms with Gasteiger partial charge in [0, 0.05) is 19.5 Å². The minimum atomic E-state index is -4.62. The molecule has 3 rings (SSSR count). The Morgan fingerprint density at radius 1 is 1.03 bits per heavy atom. The first kappa shape index (κ1) is 23.3. The molecule has 1 fully saturated rings. The number of rotatable bonds is 5. The Morgan fingerprint density at radius 3 is 2.28 bits per heavy atom. The summed E-state index contributed by atoms with van der Waals surface area (Å²) < 4.78 is 64.3. The van der Waals surface area contributed by atoms with Gasteiger partial charge in [0.2, 0.25) is 21.8 Å². The molecular weight excluding hydrogens is 447 g/mol. The van der Waals surface area contributed by atoms with Gasteiger partial charge in [-0.3, -0.25) is 13.9 Å². The van der Waals surface area contributed by atoms with E-state index in [9.17, 15) is 31.2 Å². The van der Waals surface area contributed by atoms with E-state index in [-0.39, 0.29) is 17.1 Å². The van der Waals surface area contributed by atoms with Gasteiger partial charge in [0.15, 0.2) is 0 Å². The van der Waals surface area contributed by atoms with E-state index in [0.717, 1.165) is 24.3 Å². The van der Waals surface area contributed by atoms with Crippen molar-refractivity contribution in [2.45, 2.75) is 19.5 Å². The average Bonchev–Trinajstić information content (AvgIpc) is 3.06. The second-order valence-corrected chi connectivity index (χ2v) is 9.11. The molecule has 0 bridgehead atoms. The highest BCUT2D eigenvalue weighted by molar-refractivity contribution is 7.93. The summed E-state index contributed by atoms with van der Waals surface area (Å²) in [6.07, 6.45) is -1.50. The summed E-state index contributed by atoms with van der Waals surface area (Å²) in [5, 5.41) is 4.71. The molecule has 1 heterocycles. The van der Waals surface area contributed by atoms with Gasteiger partial charge in [-0.15, -0.1) is 0 Å². The summed E-state index contributed by atoms with van der Waals surface area (Å²) in [5.74, 6) is -1.11. The van der Waals surface area contributed by atoms with Crippen molar-refractivity contribution in [3.8, 4) is 0 Å². The van der Waals surface area contributed by atoms with Crippen LogP contribution < -0.4 is 14.9 Å². The molecule has 1 aliphatic rings. The molecule has 2 amide bonds. The number of benzene rings is 2. The highest BCUT2D eigenvalue weighted by atomic mass is 32.2. The summed E-state index contributed by atoms with van der Waals surface area (Å²) >= 11 is 0. The number of nitrogens with one attached hydrogen (secondary N) is 2. The molecular formula is C21H20F3N3O4S. The number of carbonyl (C=O) groups excluding carboxylic acids is 2. The third kappa shape index (κ3) is 5.67. The highest BCUT2D eigenvalue weighted by Gasteiger charge is 2.31. The summed E-state index contributed by atoms with van der Waals surface area (Å²) in [6, 6.07) is 9.08. The minimum absolute atomic E-state index is 0.0309. The molecule has 2 aromatic rings. The molecule has 2 aromatic carbocycles. The fourth-order valence-corrected chi connectivity index (χ4v) is 4.71. The SMILES string of the molecule is CC(=O)Nc1ccc(C(F)(F)F)cc1NC(=O)/C=C/c1ccc(N2CCCS2(=O)=O)cc1. The third-order valence-electron chi connectivity index (χ3n) is 4.62. The summed E-state index contributed by atoms with van der Waals surface area (Å²) in [4.78, 5) is 23.6. The van der Waals surface area contributed by atoms with Gasteiger partial charge in [-0.05, 0) is 48.4 Å². The molecule has 1 saturated heterocycles. The third-order valence-corrected chi connectivity index (χ3v) is 6.49. The summed E-state index contributed by atoms with van der Waals surface area (Å²) in [7, 11) is -3.30. The van der Waals surface area contributed by atoms with Gasteiger partial charge in [0.05, 0.1) is 28.4 Å². The molecule has 170 valence electrons. The van der Waals surface area contributed by atoms with Crippen LogP contribution in [0.4, 0.5) is 30.2 Å². The van der Waals surface area contributed by atoms with Crippen molar-refractivity contribution >= 4 is 45.0 Å². The number of alkyl halides is 3. The number of amides is 2. The zero-order valence-corrected chi connectivity index (χ0v) is 17.8. The van der Waals surface area contributed by atoms with E-state index in [0.29, 0.717) is 24.2 Å². The van der Waals surface area contributed by atoms with Crippen LogP contribution in [0.1, 0.15) is 24.5 Å². The van der Waals surface area contributed by atoms with Gasteiger partial charge >= 0.3 is 6.18 Å². The van der Waals surface area contributed by atoms with Crippen molar-refractivity contribution < 1.29 is 31.2 Å². The molecule has 0 aliphatic carbocycles. The van der Waals surface area contributed by atoms with Gasteiger partial charge in [0.25, 0.3) is 0 Å². The molecule has 11 heteroatoms. The minimum Gasteiger partial charge on any atom is -0.325 e. The van der Waals surface area contributed by atoms with Crippen molar-refractivity contribution in [1.29, 1.82) is 0 Å². The van der Waals surface area contributed by atoms with E-state index >= 15 is 0 Å². The normalized spacial score (nSPS) is 15.7. The second kappa shape index (κ2) is 9.03. The van der Waals surface area contributed by atoms with Crippen molar-refractivity contribution in [1.82, 2.24) is 0 Å². The molecule has 32 heavy (non-hydrogen) atoms. The summed E-state index contributed by atoms with van der Waals surface area (Å²) in [5.41, 5.74) is -0.0272. The van der Waals surface area contributed by atoms with Crippen LogP contribution in [-0.4, -0.2) is 32.5 Å². The Labute approximate surface area is 183 Å². The first-order chi connectivity index (χ1) is 15.0. The van der Waals surface area contributed by atoms with Crippen molar-refractivity contribution in [3.63, 3.8) is 0 Å². The van der Waals surface area contributed by atoms with Crippen molar-refractivity contribution in [2.24, 2.45) is 0 Å². The molecule has 0 unspecified atom stereocenters. The Bertz CT molecular complexity index is 1160.